The number of hydrogen-bond acceptors (Lipinski definition) is 4. The molecule has 198 valence electrons. The molecule has 4 rings (SSSR count). The van der Waals surface area contributed by atoms with E-state index in [1.165, 1.54) is 15.9 Å². The average molecular weight is 519 g/mol. The first-order valence-electron chi connectivity index (χ1n) is 13.6. The quantitative estimate of drug-likeness (QED) is 0.342. The van der Waals surface area contributed by atoms with Gasteiger partial charge < -0.3 is 19.0 Å². The molecule has 1 aliphatic rings. The zero-order valence-corrected chi connectivity index (χ0v) is 23.5. The van der Waals surface area contributed by atoms with E-state index in [-0.39, 0.29) is 30.5 Å². The normalized spacial score (nSPS) is 19.5. The summed E-state index contributed by atoms with van der Waals surface area (Å²) in [6.07, 6.45) is 3.64. The van der Waals surface area contributed by atoms with Crippen molar-refractivity contribution >= 4 is 18.7 Å². The van der Waals surface area contributed by atoms with Gasteiger partial charge in [0.25, 0.3) is 8.32 Å². The third-order valence-electron chi connectivity index (χ3n) is 7.34. The zero-order chi connectivity index (χ0) is 26.1. The van der Waals surface area contributed by atoms with Gasteiger partial charge in [-0.1, -0.05) is 112 Å². The average Bonchev–Trinajstić information content (AvgIpc) is 2.92. The number of aliphatic hydroxyl groups is 1. The Morgan fingerprint density at radius 2 is 1.27 bits per heavy atom. The summed E-state index contributed by atoms with van der Waals surface area (Å²) in [6, 6.07) is 31.4. The standard InChI is InChI=1S/C32H42O4Si/c1-32(2,3)37(30-18-9-5-10-19-30,31-20-11-6-12-21-31)36-25-27(33)24-35-29-17-13-16-28(22-29)34-23-26-14-7-4-8-15-26/h4-12,14-15,18-21,27-29,33H,13,16-17,22-25H2,1-3H3/t27?,28-,29+/m1/s1. The van der Waals surface area contributed by atoms with Gasteiger partial charge >= 0.3 is 0 Å². The van der Waals surface area contributed by atoms with Crippen molar-refractivity contribution < 1.29 is 19.0 Å². The van der Waals surface area contributed by atoms with Gasteiger partial charge in [-0.25, -0.2) is 0 Å². The van der Waals surface area contributed by atoms with Crippen molar-refractivity contribution in [1.29, 1.82) is 0 Å². The van der Waals surface area contributed by atoms with E-state index < -0.39 is 14.4 Å². The molecule has 0 spiro atoms. The van der Waals surface area contributed by atoms with Gasteiger partial charge in [-0.2, -0.15) is 0 Å². The minimum absolute atomic E-state index is 0.108. The minimum atomic E-state index is -2.67. The molecular weight excluding hydrogens is 476 g/mol. The molecule has 0 bridgehead atoms. The number of rotatable bonds is 11. The summed E-state index contributed by atoms with van der Waals surface area (Å²) < 4.78 is 19.2. The maximum atomic E-state index is 11.0. The smallest absolute Gasteiger partial charge is 0.261 e. The molecular formula is C32H42O4Si. The monoisotopic (exact) mass is 518 g/mol. The van der Waals surface area contributed by atoms with Crippen LogP contribution in [0, 0.1) is 0 Å². The molecule has 1 N–H and O–H groups in total. The van der Waals surface area contributed by atoms with E-state index in [1.807, 2.05) is 30.3 Å². The van der Waals surface area contributed by atoms with Crippen molar-refractivity contribution in [2.75, 3.05) is 13.2 Å². The van der Waals surface area contributed by atoms with Gasteiger partial charge in [-0.05, 0) is 46.7 Å². The summed E-state index contributed by atoms with van der Waals surface area (Å²) in [7, 11) is -2.67. The lowest BCUT2D eigenvalue weighted by Crippen LogP contribution is -2.67. The maximum absolute atomic E-state index is 11.0. The van der Waals surface area contributed by atoms with E-state index in [0.717, 1.165) is 25.7 Å². The third-order valence-corrected chi connectivity index (χ3v) is 12.3. The van der Waals surface area contributed by atoms with Gasteiger partial charge in [0, 0.05) is 0 Å². The second-order valence-corrected chi connectivity index (χ2v) is 15.5. The predicted molar refractivity (Wildman–Crippen MR) is 153 cm³/mol. The van der Waals surface area contributed by atoms with Crippen molar-refractivity contribution in [3.8, 4) is 0 Å². The van der Waals surface area contributed by atoms with Crippen molar-refractivity contribution in [1.82, 2.24) is 0 Å². The van der Waals surface area contributed by atoms with Crippen LogP contribution in [0.15, 0.2) is 91.0 Å². The third kappa shape index (κ3) is 7.18. The van der Waals surface area contributed by atoms with E-state index in [0.29, 0.717) is 6.61 Å². The summed E-state index contributed by atoms with van der Waals surface area (Å²) in [5.74, 6) is 0. The Bertz CT molecular complexity index is 1010. The van der Waals surface area contributed by atoms with Gasteiger partial charge in [0.1, 0.15) is 0 Å². The second-order valence-electron chi connectivity index (χ2n) is 11.2. The van der Waals surface area contributed by atoms with Crippen LogP contribution in [-0.2, 0) is 20.5 Å². The van der Waals surface area contributed by atoms with Gasteiger partial charge in [0.15, 0.2) is 0 Å². The van der Waals surface area contributed by atoms with E-state index in [9.17, 15) is 5.11 Å². The molecule has 3 atom stereocenters. The van der Waals surface area contributed by atoms with Crippen LogP contribution >= 0.6 is 0 Å². The second kappa shape index (κ2) is 13.0. The van der Waals surface area contributed by atoms with Crippen LogP contribution in [0.3, 0.4) is 0 Å². The van der Waals surface area contributed by atoms with Gasteiger partial charge in [0.05, 0.1) is 38.1 Å². The van der Waals surface area contributed by atoms with Crippen molar-refractivity contribution in [2.24, 2.45) is 0 Å². The summed E-state index contributed by atoms with van der Waals surface area (Å²) in [6.45, 7) is 7.90. The Morgan fingerprint density at radius 1 is 0.757 bits per heavy atom. The molecule has 37 heavy (non-hydrogen) atoms. The summed E-state index contributed by atoms with van der Waals surface area (Å²) in [4.78, 5) is 0. The SMILES string of the molecule is CC(C)(C)[Si](OCC(O)CO[C@H]1CCC[C@@H](OCc2ccccc2)C1)(c1ccccc1)c1ccccc1. The maximum Gasteiger partial charge on any atom is 0.261 e. The molecule has 0 aromatic heterocycles. The van der Waals surface area contributed by atoms with Crippen LogP contribution in [0.25, 0.3) is 0 Å². The molecule has 0 heterocycles. The van der Waals surface area contributed by atoms with Crippen LogP contribution in [0.5, 0.6) is 0 Å². The van der Waals surface area contributed by atoms with E-state index >= 15 is 0 Å². The van der Waals surface area contributed by atoms with Crippen LogP contribution < -0.4 is 10.4 Å². The summed E-state index contributed by atoms with van der Waals surface area (Å²) >= 11 is 0. The van der Waals surface area contributed by atoms with E-state index in [1.54, 1.807) is 0 Å². The Balaban J connectivity index is 1.36. The van der Waals surface area contributed by atoms with E-state index in [4.69, 9.17) is 13.9 Å². The molecule has 3 aromatic rings. The van der Waals surface area contributed by atoms with Gasteiger partial charge in [0.2, 0.25) is 0 Å². The topological polar surface area (TPSA) is 47.9 Å². The Labute approximate surface area is 223 Å². The zero-order valence-electron chi connectivity index (χ0n) is 22.5. The molecule has 1 fully saturated rings. The molecule has 0 amide bonds. The molecule has 5 heteroatoms. The lowest BCUT2D eigenvalue weighted by molar-refractivity contribution is -0.0750. The molecule has 0 saturated heterocycles. The summed E-state index contributed by atoms with van der Waals surface area (Å²) in [5.41, 5.74) is 1.20. The lowest BCUT2D eigenvalue weighted by atomic mass is 9.95. The van der Waals surface area contributed by atoms with E-state index in [2.05, 4.69) is 81.4 Å². The fourth-order valence-corrected chi connectivity index (χ4v) is 10.1. The molecule has 1 aliphatic carbocycles. The lowest BCUT2D eigenvalue weighted by Gasteiger charge is -2.43. The van der Waals surface area contributed by atoms with Crippen LogP contribution in [0.4, 0.5) is 0 Å². The largest absolute Gasteiger partial charge is 0.405 e. The highest BCUT2D eigenvalue weighted by molar-refractivity contribution is 6.99. The molecule has 0 radical (unpaired) electrons. The predicted octanol–water partition coefficient (Wildman–Crippen LogP) is 5.47. The highest BCUT2D eigenvalue weighted by Gasteiger charge is 2.50. The fraction of sp³-hybridized carbons (Fsp3) is 0.438. The summed E-state index contributed by atoms with van der Waals surface area (Å²) in [5, 5.41) is 13.3. The highest BCUT2D eigenvalue weighted by Crippen LogP contribution is 2.36. The molecule has 1 saturated carbocycles. The Kier molecular flexibility index (Phi) is 9.74. The Morgan fingerprint density at radius 3 is 1.81 bits per heavy atom. The first-order chi connectivity index (χ1) is 17.9. The first-order valence-corrected chi connectivity index (χ1v) is 15.5. The number of hydrogen-bond donors (Lipinski definition) is 1. The van der Waals surface area contributed by atoms with Crippen LogP contribution in [0.2, 0.25) is 5.04 Å². The number of aliphatic hydroxyl groups excluding tert-OH is 1. The molecule has 0 aliphatic heterocycles. The van der Waals surface area contributed by atoms with Crippen LogP contribution in [-0.4, -0.2) is 44.9 Å². The Hall–Kier alpha value is -2.28. The fourth-order valence-electron chi connectivity index (χ4n) is 5.47. The van der Waals surface area contributed by atoms with Crippen molar-refractivity contribution in [3.05, 3.63) is 96.6 Å². The van der Waals surface area contributed by atoms with Gasteiger partial charge in [-0.15, -0.1) is 0 Å². The first kappa shape index (κ1) is 27.7. The van der Waals surface area contributed by atoms with Crippen molar-refractivity contribution in [2.45, 2.75) is 76.4 Å². The molecule has 4 nitrogen and oxygen atoms in total. The van der Waals surface area contributed by atoms with Gasteiger partial charge in [-0.3, -0.25) is 0 Å². The number of ether oxygens (including phenoxy) is 2. The number of benzene rings is 3. The van der Waals surface area contributed by atoms with Crippen molar-refractivity contribution in [3.63, 3.8) is 0 Å². The van der Waals surface area contributed by atoms with Crippen LogP contribution in [0.1, 0.15) is 52.0 Å². The highest BCUT2D eigenvalue weighted by atomic mass is 28.4. The molecule has 3 aromatic carbocycles. The minimum Gasteiger partial charge on any atom is -0.405 e. The molecule has 1 unspecified atom stereocenters.